The number of rotatable bonds is 7. The number of benzene rings is 1. The molecule has 2 atom stereocenters. The van der Waals surface area contributed by atoms with Gasteiger partial charge in [-0.3, -0.25) is 4.79 Å². The third-order valence-electron chi connectivity index (χ3n) is 4.06. The van der Waals surface area contributed by atoms with Crippen molar-refractivity contribution in [1.82, 2.24) is 25.7 Å². The van der Waals surface area contributed by atoms with Gasteiger partial charge in [0.2, 0.25) is 5.65 Å². The van der Waals surface area contributed by atoms with Gasteiger partial charge in [-0.15, -0.1) is 5.10 Å². The highest BCUT2D eigenvalue weighted by molar-refractivity contribution is 6.31. The maximum absolute atomic E-state index is 12.7. The van der Waals surface area contributed by atoms with Crippen LogP contribution in [0.3, 0.4) is 0 Å². The predicted octanol–water partition coefficient (Wildman–Crippen LogP) is 1.27. The van der Waals surface area contributed by atoms with Crippen LogP contribution in [0.15, 0.2) is 36.5 Å². The maximum atomic E-state index is 12.7. The van der Waals surface area contributed by atoms with Crippen molar-refractivity contribution in [3.63, 3.8) is 0 Å². The monoisotopic (exact) mass is 403 g/mol. The number of carbonyl (C=O) groups is 2. The molecule has 0 spiro atoms. The molecule has 2 heterocycles. The SMILES string of the molecule is CCOC(=O)[C@H](O)[C@@H](Cc1ccccc1Cl)NC(=O)c1cnc2n[nH]nc2c1. The molecule has 0 fully saturated rings. The lowest BCUT2D eigenvalue weighted by atomic mass is 10.0. The lowest BCUT2D eigenvalue weighted by molar-refractivity contribution is -0.154. The number of aromatic nitrogens is 4. The van der Waals surface area contributed by atoms with Crippen molar-refractivity contribution in [2.45, 2.75) is 25.5 Å². The Morgan fingerprint density at radius 2 is 2.11 bits per heavy atom. The second-order valence-corrected chi connectivity index (χ2v) is 6.37. The molecule has 1 aromatic carbocycles. The Kier molecular flexibility index (Phi) is 6.17. The lowest BCUT2D eigenvalue weighted by Gasteiger charge is -2.23. The van der Waals surface area contributed by atoms with Crippen LogP contribution in [0.1, 0.15) is 22.8 Å². The molecule has 1 amide bonds. The number of aliphatic hydroxyl groups excluding tert-OH is 1. The second-order valence-electron chi connectivity index (χ2n) is 5.96. The fourth-order valence-corrected chi connectivity index (χ4v) is 2.86. The first-order valence-corrected chi connectivity index (χ1v) is 8.93. The molecule has 0 aliphatic heterocycles. The summed E-state index contributed by atoms with van der Waals surface area (Å²) in [5, 5.41) is 23.7. The highest BCUT2D eigenvalue weighted by atomic mass is 35.5. The molecular formula is C18H18ClN5O4. The first-order valence-electron chi connectivity index (χ1n) is 8.55. The summed E-state index contributed by atoms with van der Waals surface area (Å²) in [6, 6.07) is 7.53. The molecule has 0 unspecified atom stereocenters. The van der Waals surface area contributed by atoms with Crippen LogP contribution in [0.5, 0.6) is 0 Å². The largest absolute Gasteiger partial charge is 0.464 e. The van der Waals surface area contributed by atoms with Gasteiger partial charge in [-0.05, 0) is 31.0 Å². The molecule has 3 N–H and O–H groups in total. The molecule has 0 saturated carbocycles. The van der Waals surface area contributed by atoms with E-state index >= 15 is 0 Å². The van der Waals surface area contributed by atoms with Crippen molar-refractivity contribution >= 4 is 34.6 Å². The van der Waals surface area contributed by atoms with Crippen LogP contribution in [0.4, 0.5) is 0 Å². The van der Waals surface area contributed by atoms with E-state index in [1.165, 1.54) is 12.3 Å². The Labute approximate surface area is 165 Å². The molecule has 28 heavy (non-hydrogen) atoms. The van der Waals surface area contributed by atoms with Gasteiger partial charge in [0.1, 0.15) is 5.52 Å². The van der Waals surface area contributed by atoms with Crippen molar-refractivity contribution in [3.8, 4) is 0 Å². The van der Waals surface area contributed by atoms with Gasteiger partial charge in [-0.25, -0.2) is 9.78 Å². The molecule has 3 rings (SSSR count). The minimum Gasteiger partial charge on any atom is -0.464 e. The van der Waals surface area contributed by atoms with Crippen molar-refractivity contribution in [3.05, 3.63) is 52.7 Å². The number of hydrogen-bond acceptors (Lipinski definition) is 7. The molecule has 0 saturated heterocycles. The molecule has 0 radical (unpaired) electrons. The third-order valence-corrected chi connectivity index (χ3v) is 4.43. The average Bonchev–Trinajstić information content (AvgIpc) is 3.16. The van der Waals surface area contributed by atoms with Gasteiger partial charge in [0.25, 0.3) is 5.91 Å². The summed E-state index contributed by atoms with van der Waals surface area (Å²) < 4.78 is 4.88. The van der Waals surface area contributed by atoms with Gasteiger partial charge < -0.3 is 15.2 Å². The Morgan fingerprint density at radius 3 is 2.86 bits per heavy atom. The van der Waals surface area contributed by atoms with Crippen LogP contribution >= 0.6 is 11.6 Å². The number of nitrogens with one attached hydrogen (secondary N) is 2. The number of ether oxygens (including phenoxy) is 1. The number of esters is 1. The zero-order valence-electron chi connectivity index (χ0n) is 14.9. The fourth-order valence-electron chi connectivity index (χ4n) is 2.65. The summed E-state index contributed by atoms with van der Waals surface area (Å²) in [5.74, 6) is -1.36. The van der Waals surface area contributed by atoms with Crippen molar-refractivity contribution in [1.29, 1.82) is 0 Å². The standard InChI is InChI=1S/C18H18ClN5O4/c1-2-28-18(27)15(25)13(7-10-5-3-4-6-12(10)19)21-17(26)11-8-14-16(20-9-11)23-24-22-14/h3-6,8-9,13,15,25H,2,7H2,1H3,(H,21,26)(H,20,22,23,24)/t13-,15-/m1/s1. The van der Waals surface area contributed by atoms with Gasteiger partial charge in [-0.2, -0.15) is 10.3 Å². The van der Waals surface area contributed by atoms with E-state index in [0.29, 0.717) is 21.7 Å². The van der Waals surface area contributed by atoms with Gasteiger partial charge in [-0.1, -0.05) is 29.8 Å². The van der Waals surface area contributed by atoms with Crippen LogP contribution in [-0.2, 0) is 16.0 Å². The minimum absolute atomic E-state index is 0.107. The number of pyridine rings is 1. The first-order chi connectivity index (χ1) is 13.5. The van der Waals surface area contributed by atoms with E-state index in [1.54, 1.807) is 31.2 Å². The number of aliphatic hydroxyl groups is 1. The van der Waals surface area contributed by atoms with Gasteiger partial charge in [0.05, 0.1) is 18.2 Å². The van der Waals surface area contributed by atoms with E-state index in [1.807, 2.05) is 0 Å². The normalized spacial score (nSPS) is 13.1. The number of H-pyrrole nitrogens is 1. The van der Waals surface area contributed by atoms with E-state index in [2.05, 4.69) is 25.7 Å². The molecule has 10 heteroatoms. The van der Waals surface area contributed by atoms with E-state index in [9.17, 15) is 14.7 Å². The molecule has 2 aromatic heterocycles. The summed E-state index contributed by atoms with van der Waals surface area (Å²) in [4.78, 5) is 28.7. The maximum Gasteiger partial charge on any atom is 0.337 e. The Balaban J connectivity index is 1.83. The summed E-state index contributed by atoms with van der Waals surface area (Å²) in [6.45, 7) is 1.74. The van der Waals surface area contributed by atoms with Gasteiger partial charge >= 0.3 is 5.97 Å². The third kappa shape index (κ3) is 4.44. The number of halogens is 1. The Hall–Kier alpha value is -3.04. The molecule has 146 valence electrons. The van der Waals surface area contributed by atoms with Gasteiger partial charge in [0, 0.05) is 11.2 Å². The highest BCUT2D eigenvalue weighted by Crippen LogP contribution is 2.18. The number of hydrogen-bond donors (Lipinski definition) is 3. The average molecular weight is 404 g/mol. The van der Waals surface area contributed by atoms with Crippen molar-refractivity contribution in [2.24, 2.45) is 0 Å². The van der Waals surface area contributed by atoms with Crippen LogP contribution in [0, 0.1) is 0 Å². The quantitative estimate of drug-likeness (QED) is 0.506. The van der Waals surface area contributed by atoms with E-state index in [-0.39, 0.29) is 18.6 Å². The zero-order valence-corrected chi connectivity index (χ0v) is 15.7. The van der Waals surface area contributed by atoms with E-state index in [4.69, 9.17) is 16.3 Å². The molecule has 0 aliphatic rings. The summed E-state index contributed by atoms with van der Waals surface area (Å²) >= 11 is 6.18. The summed E-state index contributed by atoms with van der Waals surface area (Å²) in [6.07, 6.45) is -0.0990. The van der Waals surface area contributed by atoms with Gasteiger partial charge in [0.15, 0.2) is 6.10 Å². The molecule has 9 nitrogen and oxygen atoms in total. The molecule has 3 aromatic rings. The molecule has 0 aliphatic carbocycles. The highest BCUT2D eigenvalue weighted by Gasteiger charge is 2.30. The fraction of sp³-hybridized carbons (Fsp3) is 0.278. The lowest BCUT2D eigenvalue weighted by Crippen LogP contribution is -2.49. The Morgan fingerprint density at radius 1 is 1.32 bits per heavy atom. The van der Waals surface area contributed by atoms with Crippen LogP contribution in [0.2, 0.25) is 5.02 Å². The number of nitrogens with zero attached hydrogens (tertiary/aromatic N) is 3. The summed E-state index contributed by atoms with van der Waals surface area (Å²) in [5.41, 5.74) is 1.67. The number of fused-ring (bicyclic) bond motifs is 1. The number of aromatic amines is 1. The second kappa shape index (κ2) is 8.77. The van der Waals surface area contributed by atoms with Crippen LogP contribution in [0.25, 0.3) is 11.2 Å². The predicted molar refractivity (Wildman–Crippen MR) is 101 cm³/mol. The van der Waals surface area contributed by atoms with Crippen molar-refractivity contribution in [2.75, 3.05) is 6.61 Å². The summed E-state index contributed by atoms with van der Waals surface area (Å²) in [7, 11) is 0. The first kappa shape index (κ1) is 19.7. The smallest absolute Gasteiger partial charge is 0.337 e. The molecule has 0 bridgehead atoms. The van der Waals surface area contributed by atoms with E-state index < -0.39 is 24.0 Å². The minimum atomic E-state index is -1.57. The topological polar surface area (TPSA) is 130 Å². The van der Waals surface area contributed by atoms with Crippen LogP contribution in [-0.4, -0.2) is 56.1 Å². The van der Waals surface area contributed by atoms with Crippen molar-refractivity contribution < 1.29 is 19.4 Å². The Bertz CT molecular complexity index is 993. The molecular weight excluding hydrogens is 386 g/mol. The van der Waals surface area contributed by atoms with Crippen LogP contribution < -0.4 is 5.32 Å². The number of amides is 1. The number of carbonyl (C=O) groups excluding carboxylic acids is 2. The zero-order chi connectivity index (χ0) is 20.1. The van der Waals surface area contributed by atoms with E-state index in [0.717, 1.165) is 0 Å².